The van der Waals surface area contributed by atoms with E-state index >= 15 is 0 Å². The molecule has 0 radical (unpaired) electrons. The summed E-state index contributed by atoms with van der Waals surface area (Å²) >= 11 is 0. The van der Waals surface area contributed by atoms with Gasteiger partial charge in [0.2, 0.25) is 0 Å². The van der Waals surface area contributed by atoms with Gasteiger partial charge in [-0.15, -0.1) is 0 Å². The average molecular weight is 276 g/mol. The fourth-order valence-corrected chi connectivity index (χ4v) is 8.30. The fourth-order valence-electron chi connectivity index (χ4n) is 1.19. The quantitative estimate of drug-likeness (QED) is 0.729. The molecule has 0 N–H and O–H groups in total. The minimum absolute atomic E-state index is 0.112. The maximum absolute atomic E-state index is 11.9. The molecule has 15 heavy (non-hydrogen) atoms. The molecule has 9 heteroatoms. The highest BCUT2D eigenvalue weighted by Gasteiger charge is 2.44. The number of hydrogen-bond acceptors (Lipinski definition) is 6. The number of rotatable bonds is 4. The van der Waals surface area contributed by atoms with Crippen molar-refractivity contribution in [1.29, 1.82) is 0 Å². The van der Waals surface area contributed by atoms with Gasteiger partial charge in [0.1, 0.15) is 0 Å². The van der Waals surface area contributed by atoms with Crippen LogP contribution >= 0.6 is 23.4 Å². The standard InChI is InChI=1S/C6H15O6P3/c1-3-5-14(8)10-13(7)11-15(9,12-14)6-4-2/h13H,3-6H2,1-2H3. The van der Waals surface area contributed by atoms with E-state index < -0.39 is 23.4 Å². The fraction of sp³-hybridized carbons (Fsp3) is 1.00. The van der Waals surface area contributed by atoms with Gasteiger partial charge in [0.25, 0.3) is 0 Å². The third kappa shape index (κ3) is 3.81. The first kappa shape index (κ1) is 13.6. The molecule has 1 fully saturated rings. The van der Waals surface area contributed by atoms with Gasteiger partial charge in [0, 0.05) is 0 Å². The predicted molar refractivity (Wildman–Crippen MR) is 57.8 cm³/mol. The molecule has 1 heterocycles. The van der Waals surface area contributed by atoms with E-state index in [1.807, 2.05) is 0 Å². The van der Waals surface area contributed by atoms with Gasteiger partial charge in [-0.1, -0.05) is 13.8 Å². The van der Waals surface area contributed by atoms with Crippen molar-refractivity contribution in [3.63, 3.8) is 0 Å². The minimum atomic E-state index is -3.48. The zero-order valence-corrected chi connectivity index (χ0v) is 11.5. The second kappa shape index (κ2) is 5.27. The van der Waals surface area contributed by atoms with Gasteiger partial charge in [-0.3, -0.25) is 13.7 Å². The van der Waals surface area contributed by atoms with Crippen LogP contribution in [0.4, 0.5) is 0 Å². The van der Waals surface area contributed by atoms with Crippen LogP contribution in [0.25, 0.3) is 0 Å². The van der Waals surface area contributed by atoms with Crippen molar-refractivity contribution in [3.8, 4) is 0 Å². The van der Waals surface area contributed by atoms with Crippen LogP contribution in [0.1, 0.15) is 26.7 Å². The summed E-state index contributed by atoms with van der Waals surface area (Å²) in [6.07, 6.45) is 1.30. The van der Waals surface area contributed by atoms with Crippen LogP contribution in [0, 0.1) is 0 Å². The van der Waals surface area contributed by atoms with E-state index in [2.05, 4.69) is 8.62 Å². The third-order valence-electron chi connectivity index (χ3n) is 1.67. The van der Waals surface area contributed by atoms with E-state index in [1.54, 1.807) is 13.8 Å². The van der Waals surface area contributed by atoms with Crippen LogP contribution < -0.4 is 0 Å². The molecule has 0 aromatic carbocycles. The normalized spacial score (nSPS) is 41.6. The van der Waals surface area contributed by atoms with E-state index in [-0.39, 0.29) is 12.3 Å². The maximum Gasteiger partial charge on any atom is 0.344 e. The summed E-state index contributed by atoms with van der Waals surface area (Å²) in [5, 5.41) is 0. The van der Waals surface area contributed by atoms with Gasteiger partial charge in [0.05, 0.1) is 12.3 Å². The lowest BCUT2D eigenvalue weighted by atomic mass is 10.6. The molecule has 0 aromatic heterocycles. The first-order valence-corrected chi connectivity index (χ1v) is 9.44. The van der Waals surface area contributed by atoms with Crippen LogP contribution in [0.15, 0.2) is 0 Å². The summed E-state index contributed by atoms with van der Waals surface area (Å²) in [5.74, 6) is 0. The Balaban J connectivity index is 2.84. The summed E-state index contributed by atoms with van der Waals surface area (Å²) in [6.45, 7) is 3.56. The Bertz CT molecular complexity index is 310. The molecule has 6 nitrogen and oxygen atoms in total. The van der Waals surface area contributed by atoms with Gasteiger partial charge in [-0.25, -0.2) is 12.9 Å². The molecular weight excluding hydrogens is 261 g/mol. The van der Waals surface area contributed by atoms with E-state index in [4.69, 9.17) is 4.31 Å². The van der Waals surface area contributed by atoms with Gasteiger partial charge >= 0.3 is 23.4 Å². The van der Waals surface area contributed by atoms with Crippen LogP contribution in [0.3, 0.4) is 0 Å². The van der Waals surface area contributed by atoms with E-state index in [0.29, 0.717) is 12.8 Å². The molecule has 0 saturated carbocycles. The van der Waals surface area contributed by atoms with Gasteiger partial charge in [0.15, 0.2) is 0 Å². The molecule has 1 aliphatic heterocycles. The molecule has 0 aliphatic carbocycles. The highest BCUT2D eigenvalue weighted by Crippen LogP contribution is 2.76. The highest BCUT2D eigenvalue weighted by molar-refractivity contribution is 7.75. The Hall–Kier alpha value is 0.570. The Labute approximate surface area is 89.7 Å². The molecule has 1 rings (SSSR count). The summed E-state index contributed by atoms with van der Waals surface area (Å²) in [6, 6.07) is 0. The predicted octanol–water partition coefficient (Wildman–Crippen LogP) is 3.65. The third-order valence-corrected chi connectivity index (χ3v) is 9.07. The van der Waals surface area contributed by atoms with Gasteiger partial charge in [-0.2, -0.15) is 0 Å². The average Bonchev–Trinajstić information content (AvgIpc) is 1.99. The van der Waals surface area contributed by atoms with E-state index in [9.17, 15) is 13.7 Å². The molecule has 90 valence electrons. The van der Waals surface area contributed by atoms with Crippen LogP contribution in [-0.2, 0) is 26.6 Å². The van der Waals surface area contributed by atoms with E-state index in [1.165, 1.54) is 0 Å². The Kier molecular flexibility index (Phi) is 4.79. The second-order valence-electron chi connectivity index (χ2n) is 3.18. The van der Waals surface area contributed by atoms with Gasteiger partial charge in [-0.05, 0) is 12.8 Å². The van der Waals surface area contributed by atoms with Crippen LogP contribution in [0.2, 0.25) is 0 Å². The summed E-state index contributed by atoms with van der Waals surface area (Å²) in [7, 11) is -9.90. The van der Waals surface area contributed by atoms with Crippen molar-refractivity contribution in [2.45, 2.75) is 26.7 Å². The minimum Gasteiger partial charge on any atom is -0.263 e. The first-order chi connectivity index (χ1) is 6.93. The smallest absolute Gasteiger partial charge is 0.263 e. The lowest BCUT2D eigenvalue weighted by Crippen LogP contribution is -2.04. The van der Waals surface area contributed by atoms with Crippen molar-refractivity contribution >= 4 is 23.4 Å². The van der Waals surface area contributed by atoms with Gasteiger partial charge < -0.3 is 0 Å². The molecule has 0 bridgehead atoms. The van der Waals surface area contributed by atoms with Crippen molar-refractivity contribution in [2.24, 2.45) is 0 Å². The lowest BCUT2D eigenvalue weighted by molar-refractivity contribution is 0.291. The SMILES string of the molecule is CCCP1(=O)O[PH](=O)OP(=O)(CCC)O1. The summed E-state index contributed by atoms with van der Waals surface area (Å²) in [5.41, 5.74) is 0. The van der Waals surface area contributed by atoms with Crippen molar-refractivity contribution in [3.05, 3.63) is 0 Å². The monoisotopic (exact) mass is 276 g/mol. The van der Waals surface area contributed by atoms with Crippen LogP contribution in [0.5, 0.6) is 0 Å². The summed E-state index contributed by atoms with van der Waals surface area (Å²) < 4.78 is 49.1. The Morgan fingerprint density at radius 3 is 1.73 bits per heavy atom. The molecule has 0 spiro atoms. The molecule has 1 saturated heterocycles. The lowest BCUT2D eigenvalue weighted by Gasteiger charge is -2.28. The molecule has 0 amide bonds. The zero-order chi connectivity index (χ0) is 11.5. The Morgan fingerprint density at radius 2 is 1.40 bits per heavy atom. The van der Waals surface area contributed by atoms with Crippen molar-refractivity contribution in [2.75, 3.05) is 12.3 Å². The van der Waals surface area contributed by atoms with Crippen molar-refractivity contribution in [1.82, 2.24) is 0 Å². The topological polar surface area (TPSA) is 78.9 Å². The van der Waals surface area contributed by atoms with E-state index in [0.717, 1.165) is 0 Å². The zero-order valence-electron chi connectivity index (χ0n) is 8.67. The molecular formula is C6H15O6P3. The first-order valence-electron chi connectivity index (χ1n) is 4.75. The molecule has 0 aromatic rings. The molecule has 1 aliphatic rings. The van der Waals surface area contributed by atoms with Crippen molar-refractivity contribution < 1.29 is 26.6 Å². The van der Waals surface area contributed by atoms with Crippen LogP contribution in [-0.4, -0.2) is 12.3 Å². The highest BCUT2D eigenvalue weighted by atomic mass is 31.3. The second-order valence-corrected chi connectivity index (χ2v) is 9.14. The summed E-state index contributed by atoms with van der Waals surface area (Å²) in [4.78, 5) is 0. The number of hydrogen-bond donors (Lipinski definition) is 0. The largest absolute Gasteiger partial charge is 0.344 e. The maximum atomic E-state index is 11.9. The molecule has 2 atom stereocenters. The molecule has 2 unspecified atom stereocenters. The Morgan fingerprint density at radius 1 is 1.00 bits per heavy atom.